The van der Waals surface area contributed by atoms with E-state index in [1.807, 2.05) is 30.3 Å². The average Bonchev–Trinajstić information content (AvgIpc) is 3.20. The number of carbonyl (C=O) groups is 2. The molecule has 2 aliphatic carbocycles. The summed E-state index contributed by atoms with van der Waals surface area (Å²) in [5, 5.41) is 12.6. The summed E-state index contributed by atoms with van der Waals surface area (Å²) < 4.78 is 5.17. The van der Waals surface area contributed by atoms with Crippen LogP contribution in [-0.2, 0) is 14.3 Å². The minimum absolute atomic E-state index is 0.0583. The summed E-state index contributed by atoms with van der Waals surface area (Å²) in [5.74, 6) is -0.826. The number of nitrogens with zero attached hydrogens (tertiary/aromatic N) is 1. The van der Waals surface area contributed by atoms with E-state index < -0.39 is 5.54 Å². The first-order valence-electron chi connectivity index (χ1n) is 7.95. The van der Waals surface area contributed by atoms with Crippen LogP contribution < -0.4 is 5.32 Å². The Morgan fingerprint density at radius 1 is 1.39 bits per heavy atom. The van der Waals surface area contributed by atoms with Crippen LogP contribution in [0.4, 0.5) is 0 Å². The quantitative estimate of drug-likeness (QED) is 0.862. The van der Waals surface area contributed by atoms with Crippen molar-refractivity contribution in [1.82, 2.24) is 5.32 Å². The molecule has 0 aliphatic heterocycles. The van der Waals surface area contributed by atoms with E-state index in [1.165, 1.54) is 6.92 Å². The second kappa shape index (κ2) is 5.69. The highest BCUT2D eigenvalue weighted by atomic mass is 16.5. The predicted octanol–water partition coefficient (Wildman–Crippen LogP) is 2.00. The van der Waals surface area contributed by atoms with E-state index in [-0.39, 0.29) is 35.5 Å². The molecule has 0 bridgehead atoms. The van der Waals surface area contributed by atoms with Gasteiger partial charge in [-0.1, -0.05) is 30.3 Å². The maximum absolute atomic E-state index is 12.2. The van der Waals surface area contributed by atoms with Crippen molar-refractivity contribution in [3.63, 3.8) is 0 Å². The standard InChI is InChI=1S/C18H20N2O3/c1-3-23-17(22)15-14-13(12-7-5-4-6-8-12)9-18(10-19,16(14)15)20-11(2)21/h4-8,13-16H,3,9H2,1-2H3,(H,20,21). The fourth-order valence-corrected chi connectivity index (χ4v) is 4.27. The maximum atomic E-state index is 12.2. The molecule has 0 spiro atoms. The summed E-state index contributed by atoms with van der Waals surface area (Å²) in [4.78, 5) is 23.8. The van der Waals surface area contributed by atoms with Gasteiger partial charge in [-0.3, -0.25) is 9.59 Å². The van der Waals surface area contributed by atoms with Crippen LogP contribution in [-0.4, -0.2) is 24.0 Å². The Morgan fingerprint density at radius 2 is 2.09 bits per heavy atom. The number of nitriles is 1. The molecular formula is C18H20N2O3. The lowest BCUT2D eigenvalue weighted by Gasteiger charge is -2.27. The first kappa shape index (κ1) is 15.5. The smallest absolute Gasteiger partial charge is 0.309 e. The van der Waals surface area contributed by atoms with Crippen LogP contribution in [0, 0.1) is 29.1 Å². The molecule has 1 N–H and O–H groups in total. The van der Waals surface area contributed by atoms with Gasteiger partial charge in [-0.2, -0.15) is 5.26 Å². The van der Waals surface area contributed by atoms with Crippen molar-refractivity contribution in [3.8, 4) is 6.07 Å². The second-order valence-corrected chi connectivity index (χ2v) is 6.37. The molecule has 23 heavy (non-hydrogen) atoms. The van der Waals surface area contributed by atoms with Crippen LogP contribution in [0.15, 0.2) is 30.3 Å². The van der Waals surface area contributed by atoms with Crippen LogP contribution in [0.1, 0.15) is 31.7 Å². The Morgan fingerprint density at radius 3 is 2.65 bits per heavy atom. The number of carbonyl (C=O) groups excluding carboxylic acids is 2. The maximum Gasteiger partial charge on any atom is 0.309 e. The number of esters is 1. The van der Waals surface area contributed by atoms with Gasteiger partial charge in [0.05, 0.1) is 18.6 Å². The van der Waals surface area contributed by atoms with Crippen LogP contribution in [0.5, 0.6) is 0 Å². The lowest BCUT2D eigenvalue weighted by Crippen LogP contribution is -2.48. The lowest BCUT2D eigenvalue weighted by molar-refractivity contribution is -0.146. The zero-order chi connectivity index (χ0) is 16.6. The number of hydrogen-bond donors (Lipinski definition) is 1. The van der Waals surface area contributed by atoms with Crippen LogP contribution in [0.25, 0.3) is 0 Å². The number of amides is 1. The SMILES string of the molecule is CCOC(=O)C1C2C(c3ccccc3)CC(C#N)(NC(C)=O)C12. The Labute approximate surface area is 135 Å². The van der Waals surface area contributed by atoms with Crippen molar-refractivity contribution in [2.24, 2.45) is 17.8 Å². The van der Waals surface area contributed by atoms with Crippen molar-refractivity contribution < 1.29 is 14.3 Å². The van der Waals surface area contributed by atoms with Crippen molar-refractivity contribution in [1.29, 1.82) is 5.26 Å². The van der Waals surface area contributed by atoms with Gasteiger partial charge in [-0.25, -0.2) is 0 Å². The highest BCUT2D eigenvalue weighted by Gasteiger charge is 2.73. The summed E-state index contributed by atoms with van der Waals surface area (Å²) in [7, 11) is 0. The molecule has 1 amide bonds. The Hall–Kier alpha value is -2.35. The molecule has 0 saturated heterocycles. The third kappa shape index (κ3) is 2.48. The van der Waals surface area contributed by atoms with Crippen molar-refractivity contribution in [2.75, 3.05) is 6.61 Å². The molecule has 0 radical (unpaired) electrons. The molecule has 0 heterocycles. The summed E-state index contributed by atoms with van der Waals surface area (Å²) in [6.07, 6.45) is 0.540. The number of fused-ring (bicyclic) bond motifs is 1. The minimum Gasteiger partial charge on any atom is -0.466 e. The fourth-order valence-electron chi connectivity index (χ4n) is 4.27. The van der Waals surface area contributed by atoms with Gasteiger partial charge in [0.25, 0.3) is 0 Å². The van der Waals surface area contributed by atoms with E-state index in [4.69, 9.17) is 4.74 Å². The number of benzene rings is 1. The molecule has 5 unspecified atom stereocenters. The summed E-state index contributed by atoms with van der Waals surface area (Å²) in [6, 6.07) is 12.2. The minimum atomic E-state index is -0.978. The molecule has 120 valence electrons. The van der Waals surface area contributed by atoms with Crippen molar-refractivity contribution in [2.45, 2.75) is 31.7 Å². The molecule has 2 saturated carbocycles. The third-order valence-electron chi connectivity index (χ3n) is 5.04. The largest absolute Gasteiger partial charge is 0.466 e. The highest BCUT2D eigenvalue weighted by Crippen LogP contribution is 2.68. The van der Waals surface area contributed by atoms with Gasteiger partial charge in [0.2, 0.25) is 5.91 Å². The van der Waals surface area contributed by atoms with E-state index in [9.17, 15) is 14.9 Å². The molecular weight excluding hydrogens is 292 g/mol. The van der Waals surface area contributed by atoms with E-state index in [1.54, 1.807) is 6.92 Å². The number of rotatable bonds is 4. The predicted molar refractivity (Wildman–Crippen MR) is 83.1 cm³/mol. The molecule has 2 fully saturated rings. The van der Waals surface area contributed by atoms with E-state index in [0.29, 0.717) is 13.0 Å². The molecule has 0 aromatic heterocycles. The molecule has 1 aromatic carbocycles. The zero-order valence-electron chi connectivity index (χ0n) is 13.3. The average molecular weight is 312 g/mol. The van der Waals surface area contributed by atoms with Crippen LogP contribution in [0.3, 0.4) is 0 Å². The molecule has 2 aliphatic rings. The van der Waals surface area contributed by atoms with E-state index >= 15 is 0 Å². The zero-order valence-corrected chi connectivity index (χ0v) is 13.3. The summed E-state index contributed by atoms with van der Waals surface area (Å²) in [5.41, 5.74) is 0.130. The molecule has 3 rings (SSSR count). The Bertz CT molecular complexity index is 667. The van der Waals surface area contributed by atoms with Gasteiger partial charge in [0.15, 0.2) is 0 Å². The molecule has 5 nitrogen and oxygen atoms in total. The van der Waals surface area contributed by atoms with Gasteiger partial charge in [0, 0.05) is 12.8 Å². The van der Waals surface area contributed by atoms with Crippen LogP contribution in [0.2, 0.25) is 0 Å². The lowest BCUT2D eigenvalue weighted by atomic mass is 9.84. The van der Waals surface area contributed by atoms with Gasteiger partial charge >= 0.3 is 5.97 Å². The van der Waals surface area contributed by atoms with Gasteiger partial charge < -0.3 is 10.1 Å². The second-order valence-electron chi connectivity index (χ2n) is 6.37. The fraction of sp³-hybridized carbons (Fsp3) is 0.500. The number of ether oxygens (including phenoxy) is 1. The van der Waals surface area contributed by atoms with Gasteiger partial charge in [-0.15, -0.1) is 0 Å². The summed E-state index contributed by atoms with van der Waals surface area (Å²) >= 11 is 0. The highest BCUT2D eigenvalue weighted by molar-refractivity contribution is 5.80. The van der Waals surface area contributed by atoms with Crippen molar-refractivity contribution >= 4 is 11.9 Å². The van der Waals surface area contributed by atoms with Crippen molar-refractivity contribution in [3.05, 3.63) is 35.9 Å². The number of hydrogen-bond acceptors (Lipinski definition) is 4. The summed E-state index contributed by atoms with van der Waals surface area (Å²) in [6.45, 7) is 3.51. The van der Waals surface area contributed by atoms with E-state index in [0.717, 1.165) is 5.56 Å². The van der Waals surface area contributed by atoms with Crippen LogP contribution >= 0.6 is 0 Å². The normalized spacial score (nSPS) is 34.1. The van der Waals surface area contributed by atoms with Gasteiger partial charge in [-0.05, 0) is 30.7 Å². The molecule has 1 aromatic rings. The Balaban J connectivity index is 1.94. The number of nitrogens with one attached hydrogen (secondary N) is 1. The third-order valence-corrected chi connectivity index (χ3v) is 5.04. The molecule has 5 atom stereocenters. The molecule has 5 heteroatoms. The monoisotopic (exact) mass is 312 g/mol. The van der Waals surface area contributed by atoms with E-state index in [2.05, 4.69) is 11.4 Å². The Kier molecular flexibility index (Phi) is 3.85. The first-order chi connectivity index (χ1) is 11.0. The van der Waals surface area contributed by atoms with Gasteiger partial charge in [0.1, 0.15) is 5.54 Å². The first-order valence-corrected chi connectivity index (χ1v) is 7.95. The topological polar surface area (TPSA) is 79.2 Å².